The Morgan fingerprint density at radius 2 is 1.97 bits per heavy atom. The number of primary amides is 1. The fourth-order valence-corrected chi connectivity index (χ4v) is 3.53. The van der Waals surface area contributed by atoms with Gasteiger partial charge >= 0.3 is 0 Å². The van der Waals surface area contributed by atoms with Gasteiger partial charge in [-0.2, -0.15) is 0 Å². The van der Waals surface area contributed by atoms with Gasteiger partial charge in [-0.05, 0) is 49.0 Å². The first kappa shape index (κ1) is 22.0. The lowest BCUT2D eigenvalue weighted by molar-refractivity contribution is -0.114. The van der Waals surface area contributed by atoms with Crippen molar-refractivity contribution >= 4 is 23.4 Å². The van der Waals surface area contributed by atoms with E-state index in [0.717, 1.165) is 23.2 Å². The van der Waals surface area contributed by atoms with E-state index < -0.39 is 5.91 Å². The van der Waals surface area contributed by atoms with E-state index in [1.54, 1.807) is 18.2 Å². The molecule has 8 heteroatoms. The highest BCUT2D eigenvalue weighted by molar-refractivity contribution is 6.06. The molecule has 3 rings (SSSR count). The second kappa shape index (κ2) is 9.01. The first-order valence-electron chi connectivity index (χ1n) is 9.90. The third kappa shape index (κ3) is 4.75. The van der Waals surface area contributed by atoms with Crippen LogP contribution in [0.15, 0.2) is 48.6 Å². The predicted molar refractivity (Wildman–Crippen MR) is 120 cm³/mol. The number of nitrogens with zero attached hydrogens (tertiary/aromatic N) is 2. The first-order valence-corrected chi connectivity index (χ1v) is 9.90. The molecule has 0 spiro atoms. The number of anilines is 1. The van der Waals surface area contributed by atoms with Gasteiger partial charge in [0.15, 0.2) is 0 Å². The van der Waals surface area contributed by atoms with Gasteiger partial charge in [-0.3, -0.25) is 14.4 Å². The molecule has 0 bridgehead atoms. The number of fused-ring (bicyclic) bond motifs is 1. The van der Waals surface area contributed by atoms with Crippen molar-refractivity contribution < 1.29 is 14.4 Å². The average Bonchev–Trinajstić information content (AvgIpc) is 3.04. The molecule has 1 aliphatic heterocycles. The molecule has 8 nitrogen and oxygen atoms in total. The summed E-state index contributed by atoms with van der Waals surface area (Å²) in [5.74, 6) is -1.08. The minimum Gasteiger partial charge on any atom is -0.398 e. The van der Waals surface area contributed by atoms with Crippen molar-refractivity contribution in [2.75, 3.05) is 39.5 Å². The van der Waals surface area contributed by atoms with Crippen LogP contribution in [0.2, 0.25) is 0 Å². The van der Waals surface area contributed by atoms with Crippen LogP contribution in [0.3, 0.4) is 0 Å². The monoisotopic (exact) mass is 421 g/mol. The highest BCUT2D eigenvalue weighted by Gasteiger charge is 2.32. The van der Waals surface area contributed by atoms with E-state index in [1.807, 2.05) is 37.2 Å². The molecule has 0 aliphatic carbocycles. The van der Waals surface area contributed by atoms with E-state index in [-0.39, 0.29) is 30.5 Å². The van der Waals surface area contributed by atoms with E-state index in [0.29, 0.717) is 23.4 Å². The molecule has 0 fully saturated rings. The summed E-state index contributed by atoms with van der Waals surface area (Å²) in [6.45, 7) is 5.24. The van der Waals surface area contributed by atoms with Gasteiger partial charge in [-0.15, -0.1) is 0 Å². The van der Waals surface area contributed by atoms with E-state index in [1.165, 1.54) is 4.90 Å². The molecule has 1 heterocycles. The topological polar surface area (TPSA) is 122 Å². The molecule has 2 aromatic rings. The molecule has 31 heavy (non-hydrogen) atoms. The number of rotatable bonds is 8. The van der Waals surface area contributed by atoms with Gasteiger partial charge in [0.05, 0.1) is 12.1 Å². The number of nitrogen functional groups attached to an aromatic ring is 1. The summed E-state index contributed by atoms with van der Waals surface area (Å²) in [6, 6.07) is 10.8. The molecule has 5 N–H and O–H groups in total. The molecule has 162 valence electrons. The van der Waals surface area contributed by atoms with Gasteiger partial charge in [0.1, 0.15) is 0 Å². The Kier molecular flexibility index (Phi) is 6.41. The summed E-state index contributed by atoms with van der Waals surface area (Å²) in [7, 11) is 3.88. The van der Waals surface area contributed by atoms with E-state index in [4.69, 9.17) is 11.5 Å². The Morgan fingerprint density at radius 3 is 2.65 bits per heavy atom. The third-order valence-electron chi connectivity index (χ3n) is 5.21. The highest BCUT2D eigenvalue weighted by Crippen LogP contribution is 2.36. The SMILES string of the molecule is C=C(CN1Cc2c(-c3cccc(C(=O)NCCN(C)C)c3)ccc(N)c2C1=O)C(N)=O. The molecule has 3 amide bonds. The second-order valence-electron chi connectivity index (χ2n) is 7.82. The quantitative estimate of drug-likeness (QED) is 0.437. The number of hydrogen-bond donors (Lipinski definition) is 3. The normalized spacial score (nSPS) is 12.7. The molecular formula is C23H27N5O3. The number of benzene rings is 2. The molecular weight excluding hydrogens is 394 g/mol. The number of nitrogens with one attached hydrogen (secondary N) is 1. The molecule has 0 saturated carbocycles. The minimum atomic E-state index is -0.648. The molecule has 0 unspecified atom stereocenters. The van der Waals surface area contributed by atoms with E-state index in [2.05, 4.69) is 11.9 Å². The van der Waals surface area contributed by atoms with Crippen LogP contribution in [0.5, 0.6) is 0 Å². The van der Waals surface area contributed by atoms with Crippen molar-refractivity contribution in [2.45, 2.75) is 6.54 Å². The zero-order chi connectivity index (χ0) is 22.7. The number of amides is 3. The van der Waals surface area contributed by atoms with Gasteiger partial charge in [0, 0.05) is 36.5 Å². The maximum absolute atomic E-state index is 12.9. The van der Waals surface area contributed by atoms with Gasteiger partial charge in [-0.1, -0.05) is 24.8 Å². The third-order valence-corrected chi connectivity index (χ3v) is 5.21. The van der Waals surface area contributed by atoms with Crippen LogP contribution in [-0.4, -0.2) is 61.3 Å². The first-order chi connectivity index (χ1) is 14.7. The lowest BCUT2D eigenvalue weighted by Gasteiger charge is -2.16. The van der Waals surface area contributed by atoms with Gasteiger partial charge in [0.25, 0.3) is 11.8 Å². The van der Waals surface area contributed by atoms with Crippen LogP contribution < -0.4 is 16.8 Å². The summed E-state index contributed by atoms with van der Waals surface area (Å²) in [4.78, 5) is 40.3. The van der Waals surface area contributed by atoms with Crippen LogP contribution in [0.4, 0.5) is 5.69 Å². The van der Waals surface area contributed by atoms with Crippen molar-refractivity contribution in [1.82, 2.24) is 15.1 Å². The maximum Gasteiger partial charge on any atom is 0.256 e. The minimum absolute atomic E-state index is 0.0377. The summed E-state index contributed by atoms with van der Waals surface area (Å²) in [5.41, 5.74) is 15.2. The number of carbonyl (C=O) groups excluding carboxylic acids is 3. The smallest absolute Gasteiger partial charge is 0.256 e. The zero-order valence-electron chi connectivity index (χ0n) is 17.8. The van der Waals surface area contributed by atoms with Gasteiger partial charge < -0.3 is 26.6 Å². The maximum atomic E-state index is 12.9. The van der Waals surface area contributed by atoms with Crippen LogP contribution in [-0.2, 0) is 11.3 Å². The summed E-state index contributed by atoms with van der Waals surface area (Å²) >= 11 is 0. The molecule has 0 radical (unpaired) electrons. The van der Waals surface area contributed by atoms with Crippen molar-refractivity contribution in [3.05, 3.63) is 65.2 Å². The molecule has 0 aromatic heterocycles. The molecule has 0 atom stereocenters. The number of carbonyl (C=O) groups is 3. The average molecular weight is 422 g/mol. The molecule has 0 saturated heterocycles. The van der Waals surface area contributed by atoms with Crippen LogP contribution in [0.25, 0.3) is 11.1 Å². The van der Waals surface area contributed by atoms with Crippen molar-refractivity contribution in [2.24, 2.45) is 5.73 Å². The summed E-state index contributed by atoms with van der Waals surface area (Å²) in [5, 5.41) is 2.90. The highest BCUT2D eigenvalue weighted by atomic mass is 16.2. The predicted octanol–water partition coefficient (Wildman–Crippen LogP) is 1.22. The zero-order valence-corrected chi connectivity index (χ0v) is 17.8. The Morgan fingerprint density at radius 1 is 1.23 bits per heavy atom. The van der Waals surface area contributed by atoms with Crippen molar-refractivity contribution in [3.8, 4) is 11.1 Å². The standard InChI is InChI=1S/C23H27N5O3/c1-14(21(25)29)12-28-13-18-17(7-8-19(24)20(18)23(28)31)15-5-4-6-16(11-15)22(30)26-9-10-27(2)3/h4-8,11H,1,9-10,12-13,24H2,2-3H3,(H2,25,29)(H,26,30). The van der Waals surface area contributed by atoms with Crippen molar-refractivity contribution in [1.29, 1.82) is 0 Å². The fourth-order valence-electron chi connectivity index (χ4n) is 3.53. The fraction of sp³-hybridized carbons (Fsp3) is 0.261. The molecule has 2 aromatic carbocycles. The molecule has 1 aliphatic rings. The Balaban J connectivity index is 1.89. The number of nitrogens with two attached hydrogens (primary N) is 2. The van der Waals surface area contributed by atoms with E-state index >= 15 is 0 Å². The Bertz CT molecular complexity index is 1060. The van der Waals surface area contributed by atoms with Gasteiger partial charge in [-0.25, -0.2) is 0 Å². The van der Waals surface area contributed by atoms with Crippen LogP contribution >= 0.6 is 0 Å². The van der Waals surface area contributed by atoms with Crippen molar-refractivity contribution in [3.63, 3.8) is 0 Å². The largest absolute Gasteiger partial charge is 0.398 e. The second-order valence-corrected chi connectivity index (χ2v) is 7.82. The van der Waals surface area contributed by atoms with Gasteiger partial charge in [0.2, 0.25) is 5.91 Å². The Labute approximate surface area is 181 Å². The van der Waals surface area contributed by atoms with Crippen LogP contribution in [0.1, 0.15) is 26.3 Å². The van der Waals surface area contributed by atoms with E-state index in [9.17, 15) is 14.4 Å². The number of likely N-dealkylation sites (N-methyl/N-ethyl adjacent to an activating group) is 1. The lowest BCUT2D eigenvalue weighted by atomic mass is 9.94. The summed E-state index contributed by atoms with van der Waals surface area (Å²) in [6.07, 6.45) is 0. The lowest BCUT2D eigenvalue weighted by Crippen LogP contribution is -2.31. The summed E-state index contributed by atoms with van der Waals surface area (Å²) < 4.78 is 0. The Hall–Kier alpha value is -3.65. The van der Waals surface area contributed by atoms with Crippen LogP contribution in [0, 0.1) is 0 Å². The number of hydrogen-bond acceptors (Lipinski definition) is 5.